The number of rotatable bonds is 0. The third-order valence-corrected chi connectivity index (χ3v) is 5.02. The lowest BCUT2D eigenvalue weighted by molar-refractivity contribution is -0.124. The number of allylic oxidation sites excluding steroid dienone is 6. The summed E-state index contributed by atoms with van der Waals surface area (Å²) >= 11 is 0. The third kappa shape index (κ3) is 2.53. The largest absolute Gasteiger partial charge is 0.311 e. The second-order valence-electron chi connectivity index (χ2n) is 6.62. The maximum absolute atomic E-state index is 12.3. The van der Waals surface area contributed by atoms with Crippen molar-refractivity contribution in [3.05, 3.63) is 47.6 Å². The number of ketones is 2. The second-order valence-corrected chi connectivity index (χ2v) is 6.62. The predicted octanol–water partition coefficient (Wildman–Crippen LogP) is 1.07. The molecule has 3 aliphatic heterocycles. The van der Waals surface area contributed by atoms with Gasteiger partial charge in [-0.2, -0.15) is 0 Å². The smallest absolute Gasteiger partial charge is 0.163 e. The lowest BCUT2D eigenvalue weighted by Crippen LogP contribution is -2.54. The quantitative estimate of drug-likeness (QED) is 0.702. The second kappa shape index (κ2) is 5.45. The first-order chi connectivity index (χ1) is 10.7. The average Bonchev–Trinajstić information content (AvgIpc) is 2.52. The Kier molecular flexibility index (Phi) is 3.43. The van der Waals surface area contributed by atoms with E-state index < -0.39 is 0 Å². The van der Waals surface area contributed by atoms with Crippen molar-refractivity contribution in [2.45, 2.75) is 24.9 Å². The van der Waals surface area contributed by atoms with E-state index in [1.807, 2.05) is 24.3 Å². The maximum Gasteiger partial charge on any atom is 0.163 e. The highest BCUT2D eigenvalue weighted by atomic mass is 16.1. The van der Waals surface area contributed by atoms with E-state index in [1.165, 1.54) is 0 Å². The van der Waals surface area contributed by atoms with Crippen molar-refractivity contribution < 1.29 is 9.59 Å². The highest BCUT2D eigenvalue weighted by Crippen LogP contribution is 2.31. The van der Waals surface area contributed by atoms with E-state index in [2.05, 4.69) is 10.6 Å². The van der Waals surface area contributed by atoms with Crippen LogP contribution in [0.3, 0.4) is 0 Å². The molecule has 2 aliphatic carbocycles. The van der Waals surface area contributed by atoms with Gasteiger partial charge in [0.15, 0.2) is 11.6 Å². The standard InChI is InChI=1S/C18H20N2O2/c21-17-3-1-11-5-13-9-20-14(10-19-13)6-12-2-4-18(22)16(8-12)15(17)7-11/h1-4,7-8,13-16,19-20H,5-6,9-10H2/t13-,14-,15+,16+/m0/s1. The zero-order chi connectivity index (χ0) is 15.1. The number of carbonyl (C=O) groups is 2. The predicted molar refractivity (Wildman–Crippen MR) is 84.3 cm³/mol. The monoisotopic (exact) mass is 296 g/mol. The fourth-order valence-electron chi connectivity index (χ4n) is 3.79. The highest BCUT2D eigenvalue weighted by Gasteiger charge is 2.33. The molecular formula is C18H20N2O2. The summed E-state index contributed by atoms with van der Waals surface area (Å²) in [6.07, 6.45) is 12.9. The van der Waals surface area contributed by atoms with E-state index >= 15 is 0 Å². The van der Waals surface area contributed by atoms with Gasteiger partial charge >= 0.3 is 0 Å². The number of hydrogen-bond acceptors (Lipinski definition) is 4. The van der Waals surface area contributed by atoms with Gasteiger partial charge in [-0.05, 0) is 36.1 Å². The van der Waals surface area contributed by atoms with E-state index in [4.69, 9.17) is 0 Å². The van der Waals surface area contributed by atoms with Crippen molar-refractivity contribution in [2.75, 3.05) is 13.1 Å². The lowest BCUT2D eigenvalue weighted by Gasteiger charge is -2.34. The van der Waals surface area contributed by atoms with Crippen molar-refractivity contribution in [3.63, 3.8) is 0 Å². The molecule has 2 N–H and O–H groups in total. The molecule has 0 aromatic carbocycles. The molecule has 0 amide bonds. The summed E-state index contributed by atoms with van der Waals surface area (Å²) in [5.41, 5.74) is 2.31. The Labute approximate surface area is 130 Å². The minimum atomic E-state index is -0.335. The minimum Gasteiger partial charge on any atom is -0.311 e. The van der Waals surface area contributed by atoms with Crippen LogP contribution in [-0.2, 0) is 9.59 Å². The van der Waals surface area contributed by atoms with Crippen molar-refractivity contribution in [1.82, 2.24) is 10.6 Å². The van der Waals surface area contributed by atoms with Gasteiger partial charge in [0.05, 0.1) is 11.8 Å². The summed E-state index contributed by atoms with van der Waals surface area (Å²) in [7, 11) is 0. The summed E-state index contributed by atoms with van der Waals surface area (Å²) in [6, 6.07) is 0.779. The number of nitrogens with one attached hydrogen (secondary N) is 2. The summed E-state index contributed by atoms with van der Waals surface area (Å²) in [6.45, 7) is 1.88. The van der Waals surface area contributed by atoms with E-state index in [0.717, 1.165) is 37.1 Å². The summed E-state index contributed by atoms with van der Waals surface area (Å²) in [4.78, 5) is 24.5. The molecule has 6 bridgehead atoms. The van der Waals surface area contributed by atoms with Crippen LogP contribution in [0, 0.1) is 11.8 Å². The van der Waals surface area contributed by atoms with Crippen molar-refractivity contribution in [1.29, 1.82) is 0 Å². The van der Waals surface area contributed by atoms with Gasteiger partial charge in [0.2, 0.25) is 0 Å². The zero-order valence-electron chi connectivity index (χ0n) is 12.4. The van der Waals surface area contributed by atoms with Gasteiger partial charge in [0.25, 0.3) is 0 Å². The fourth-order valence-corrected chi connectivity index (χ4v) is 3.79. The van der Waals surface area contributed by atoms with Gasteiger partial charge in [-0.15, -0.1) is 0 Å². The fraction of sp³-hybridized carbons (Fsp3) is 0.444. The Bertz CT molecular complexity index is 577. The molecular weight excluding hydrogens is 276 g/mol. The number of piperazine rings is 1. The molecule has 3 heterocycles. The van der Waals surface area contributed by atoms with Crippen LogP contribution in [-0.4, -0.2) is 36.7 Å². The number of hydrogen-bond donors (Lipinski definition) is 2. The summed E-state index contributed by atoms with van der Waals surface area (Å²) in [5.74, 6) is -0.584. The van der Waals surface area contributed by atoms with Gasteiger partial charge in [-0.3, -0.25) is 9.59 Å². The van der Waals surface area contributed by atoms with Gasteiger partial charge in [-0.25, -0.2) is 0 Å². The Morgan fingerprint density at radius 2 is 1.18 bits per heavy atom. The van der Waals surface area contributed by atoms with Crippen LogP contribution in [0.2, 0.25) is 0 Å². The summed E-state index contributed by atoms with van der Waals surface area (Å²) < 4.78 is 0. The number of carbonyl (C=O) groups excluding carboxylic acids is 2. The van der Waals surface area contributed by atoms with Crippen LogP contribution in [0.15, 0.2) is 47.6 Å². The summed E-state index contributed by atoms with van der Waals surface area (Å²) in [5, 5.41) is 7.19. The van der Waals surface area contributed by atoms with Crippen molar-refractivity contribution in [3.8, 4) is 0 Å². The highest BCUT2D eigenvalue weighted by molar-refractivity contribution is 6.03. The number of fused-ring (bicyclic) bond motifs is 2. The Balaban J connectivity index is 1.74. The first kappa shape index (κ1) is 13.9. The van der Waals surface area contributed by atoms with E-state index in [9.17, 15) is 9.59 Å². The molecule has 0 saturated carbocycles. The van der Waals surface area contributed by atoms with E-state index in [1.54, 1.807) is 12.2 Å². The molecule has 0 unspecified atom stereocenters. The van der Waals surface area contributed by atoms with Crippen LogP contribution in [0.4, 0.5) is 0 Å². The molecule has 22 heavy (non-hydrogen) atoms. The molecule has 114 valence electrons. The van der Waals surface area contributed by atoms with Gasteiger partial charge in [-0.1, -0.05) is 24.3 Å². The Hall–Kier alpha value is -1.78. The van der Waals surface area contributed by atoms with Crippen LogP contribution in [0.5, 0.6) is 0 Å². The maximum atomic E-state index is 12.3. The third-order valence-electron chi connectivity index (χ3n) is 5.02. The first-order valence-electron chi connectivity index (χ1n) is 8.01. The molecule has 1 fully saturated rings. The first-order valence-corrected chi connectivity index (χ1v) is 8.01. The molecule has 1 saturated heterocycles. The lowest BCUT2D eigenvalue weighted by atomic mass is 9.77. The van der Waals surface area contributed by atoms with Crippen molar-refractivity contribution >= 4 is 11.6 Å². The van der Waals surface area contributed by atoms with Crippen LogP contribution in [0.25, 0.3) is 0 Å². The molecule has 0 aromatic heterocycles. The molecule has 0 aromatic rings. The van der Waals surface area contributed by atoms with Crippen LogP contribution >= 0.6 is 0 Å². The van der Waals surface area contributed by atoms with Gasteiger partial charge in [0.1, 0.15) is 0 Å². The molecule has 4 atom stereocenters. The SMILES string of the molecule is O=C1C=CC2=C[C@@H]1[C@H]1C=C(C=CC1=O)C[C@H]1CN[C@H](CN1)C2. The van der Waals surface area contributed by atoms with Crippen LogP contribution < -0.4 is 10.6 Å². The zero-order valence-corrected chi connectivity index (χ0v) is 12.4. The minimum absolute atomic E-state index is 0.0429. The molecule has 0 spiro atoms. The molecule has 4 nitrogen and oxygen atoms in total. The van der Waals surface area contributed by atoms with E-state index in [0.29, 0.717) is 12.1 Å². The molecule has 4 heteroatoms. The normalized spacial score (nSPS) is 37.3. The van der Waals surface area contributed by atoms with Gasteiger partial charge in [0, 0.05) is 25.2 Å². The van der Waals surface area contributed by atoms with Crippen LogP contribution in [0.1, 0.15) is 12.8 Å². The van der Waals surface area contributed by atoms with Gasteiger partial charge < -0.3 is 10.6 Å². The Morgan fingerprint density at radius 1 is 0.727 bits per heavy atom. The average molecular weight is 296 g/mol. The molecule has 5 aliphatic rings. The Morgan fingerprint density at radius 3 is 1.59 bits per heavy atom. The topological polar surface area (TPSA) is 58.2 Å². The van der Waals surface area contributed by atoms with E-state index in [-0.39, 0.29) is 23.4 Å². The molecule has 0 radical (unpaired) electrons. The van der Waals surface area contributed by atoms with Crippen molar-refractivity contribution in [2.24, 2.45) is 11.8 Å². The molecule has 5 rings (SSSR count).